The SMILES string of the molecule is CN(C)CCNC(=O)[C@@H]1CCC(=O)N(C)[C@@H](Cc2ccccc2)C(=O)N(C)CCCCCCOc2ccccc2C(=O)N1. The first-order valence-electron chi connectivity index (χ1n) is 15.2. The van der Waals surface area contributed by atoms with Crippen LogP contribution in [0, 0.1) is 0 Å². The van der Waals surface area contributed by atoms with Crippen molar-refractivity contribution in [1.82, 2.24) is 25.3 Å². The van der Waals surface area contributed by atoms with Crippen LogP contribution in [0.15, 0.2) is 54.6 Å². The lowest BCUT2D eigenvalue weighted by Crippen LogP contribution is -2.51. The number of para-hydroxylation sites is 1. The molecule has 0 saturated heterocycles. The molecule has 1 heterocycles. The molecular formula is C33H47N5O5. The fraction of sp³-hybridized carbons (Fsp3) is 0.515. The maximum atomic E-state index is 13.6. The minimum absolute atomic E-state index is 0.0248. The van der Waals surface area contributed by atoms with Crippen LogP contribution in [-0.4, -0.2) is 105 Å². The number of amides is 4. The monoisotopic (exact) mass is 593 g/mol. The molecule has 1 aliphatic rings. The van der Waals surface area contributed by atoms with Gasteiger partial charge in [-0.1, -0.05) is 55.3 Å². The first-order chi connectivity index (χ1) is 20.7. The number of nitrogens with one attached hydrogen (secondary N) is 2. The molecule has 0 fully saturated rings. The summed E-state index contributed by atoms with van der Waals surface area (Å²) in [6.45, 7) is 2.06. The predicted octanol–water partition coefficient (Wildman–Crippen LogP) is 2.72. The van der Waals surface area contributed by atoms with Crippen molar-refractivity contribution in [2.45, 2.75) is 57.0 Å². The highest BCUT2D eigenvalue weighted by Crippen LogP contribution is 2.20. The molecule has 43 heavy (non-hydrogen) atoms. The van der Waals surface area contributed by atoms with Gasteiger partial charge in [0.05, 0.1) is 12.2 Å². The van der Waals surface area contributed by atoms with Gasteiger partial charge in [-0.05, 0) is 51.1 Å². The maximum absolute atomic E-state index is 13.6. The van der Waals surface area contributed by atoms with Gasteiger partial charge in [-0.15, -0.1) is 0 Å². The summed E-state index contributed by atoms with van der Waals surface area (Å²) in [7, 11) is 7.23. The molecule has 0 saturated carbocycles. The van der Waals surface area contributed by atoms with E-state index in [0.717, 1.165) is 31.2 Å². The van der Waals surface area contributed by atoms with Crippen LogP contribution in [0.3, 0.4) is 0 Å². The van der Waals surface area contributed by atoms with E-state index in [9.17, 15) is 19.2 Å². The van der Waals surface area contributed by atoms with E-state index in [1.807, 2.05) is 49.3 Å². The summed E-state index contributed by atoms with van der Waals surface area (Å²) in [5.41, 5.74) is 1.29. The predicted molar refractivity (Wildman–Crippen MR) is 167 cm³/mol. The number of fused-ring (bicyclic) bond motifs is 1. The number of nitrogens with zero attached hydrogens (tertiary/aromatic N) is 3. The number of likely N-dealkylation sites (N-methyl/N-ethyl adjacent to an activating group) is 3. The Bertz CT molecular complexity index is 1210. The van der Waals surface area contributed by atoms with Crippen molar-refractivity contribution in [1.29, 1.82) is 0 Å². The number of rotatable bonds is 6. The second-order valence-electron chi connectivity index (χ2n) is 11.4. The Labute approximate surface area is 255 Å². The second-order valence-corrected chi connectivity index (χ2v) is 11.4. The molecule has 3 rings (SSSR count). The molecule has 0 spiro atoms. The van der Waals surface area contributed by atoms with E-state index in [4.69, 9.17) is 4.74 Å². The van der Waals surface area contributed by atoms with Crippen molar-refractivity contribution in [2.24, 2.45) is 0 Å². The Hall–Kier alpha value is -3.92. The molecule has 234 valence electrons. The number of hydrogen-bond acceptors (Lipinski definition) is 6. The molecule has 0 bridgehead atoms. The van der Waals surface area contributed by atoms with E-state index in [-0.39, 0.29) is 30.6 Å². The Morgan fingerprint density at radius 2 is 1.67 bits per heavy atom. The van der Waals surface area contributed by atoms with Crippen LogP contribution >= 0.6 is 0 Å². The van der Waals surface area contributed by atoms with Gasteiger partial charge in [0.2, 0.25) is 17.7 Å². The largest absolute Gasteiger partial charge is 0.493 e. The van der Waals surface area contributed by atoms with Gasteiger partial charge in [-0.2, -0.15) is 0 Å². The smallest absolute Gasteiger partial charge is 0.255 e. The molecule has 10 heteroatoms. The molecule has 0 radical (unpaired) electrons. The lowest BCUT2D eigenvalue weighted by molar-refractivity contribution is -0.144. The van der Waals surface area contributed by atoms with Gasteiger partial charge in [0.25, 0.3) is 5.91 Å². The van der Waals surface area contributed by atoms with Crippen LogP contribution in [-0.2, 0) is 20.8 Å². The number of carbonyl (C=O) groups excluding carboxylic acids is 4. The summed E-state index contributed by atoms with van der Waals surface area (Å²) < 4.78 is 5.96. The van der Waals surface area contributed by atoms with Gasteiger partial charge in [-0.25, -0.2) is 0 Å². The molecule has 0 aliphatic carbocycles. The normalized spacial score (nSPS) is 19.9. The van der Waals surface area contributed by atoms with Crippen LogP contribution in [0.5, 0.6) is 5.75 Å². The van der Waals surface area contributed by atoms with Gasteiger partial charge in [0, 0.05) is 46.6 Å². The topological polar surface area (TPSA) is 111 Å². The molecular weight excluding hydrogens is 546 g/mol. The quantitative estimate of drug-likeness (QED) is 0.533. The Morgan fingerprint density at radius 3 is 2.42 bits per heavy atom. The van der Waals surface area contributed by atoms with E-state index >= 15 is 0 Å². The summed E-state index contributed by atoms with van der Waals surface area (Å²) in [5.74, 6) is -0.755. The fourth-order valence-corrected chi connectivity index (χ4v) is 5.01. The van der Waals surface area contributed by atoms with E-state index in [1.165, 1.54) is 4.90 Å². The highest BCUT2D eigenvalue weighted by molar-refractivity contribution is 5.99. The molecule has 2 N–H and O–H groups in total. The minimum Gasteiger partial charge on any atom is -0.493 e. The first kappa shape index (κ1) is 33.6. The summed E-state index contributed by atoms with van der Waals surface area (Å²) in [5, 5.41) is 5.71. The minimum atomic E-state index is -0.951. The third-order valence-electron chi connectivity index (χ3n) is 7.70. The Morgan fingerprint density at radius 1 is 0.977 bits per heavy atom. The van der Waals surface area contributed by atoms with Gasteiger partial charge in [0.1, 0.15) is 17.8 Å². The molecule has 10 nitrogen and oxygen atoms in total. The second kappa shape index (κ2) is 17.3. The third kappa shape index (κ3) is 10.7. The Balaban J connectivity index is 1.86. The molecule has 2 atom stereocenters. The van der Waals surface area contributed by atoms with E-state index in [0.29, 0.717) is 44.0 Å². The summed E-state index contributed by atoms with van der Waals surface area (Å²) in [4.78, 5) is 59.0. The molecule has 0 aromatic heterocycles. The maximum Gasteiger partial charge on any atom is 0.255 e. The van der Waals surface area contributed by atoms with Crippen LogP contribution < -0.4 is 15.4 Å². The zero-order chi connectivity index (χ0) is 31.2. The van der Waals surface area contributed by atoms with Crippen LogP contribution in [0.2, 0.25) is 0 Å². The Kier molecular flexibility index (Phi) is 13.5. The number of carbonyl (C=O) groups is 4. The number of benzene rings is 2. The van der Waals surface area contributed by atoms with Gasteiger partial charge in [0.15, 0.2) is 0 Å². The van der Waals surface area contributed by atoms with Crippen molar-refractivity contribution in [2.75, 3.05) is 54.4 Å². The highest BCUT2D eigenvalue weighted by atomic mass is 16.5. The van der Waals surface area contributed by atoms with Crippen LogP contribution in [0.25, 0.3) is 0 Å². The first-order valence-corrected chi connectivity index (χ1v) is 15.2. The highest BCUT2D eigenvalue weighted by Gasteiger charge is 2.31. The van der Waals surface area contributed by atoms with Crippen molar-refractivity contribution < 1.29 is 23.9 Å². The summed E-state index contributed by atoms with van der Waals surface area (Å²) in [6.07, 6.45) is 3.91. The average Bonchev–Trinajstić information content (AvgIpc) is 3.00. The fourth-order valence-electron chi connectivity index (χ4n) is 5.01. The zero-order valence-corrected chi connectivity index (χ0v) is 26.0. The van der Waals surface area contributed by atoms with E-state index in [1.54, 1.807) is 43.3 Å². The zero-order valence-electron chi connectivity index (χ0n) is 26.0. The number of ether oxygens (including phenoxy) is 1. The van der Waals surface area contributed by atoms with Gasteiger partial charge >= 0.3 is 0 Å². The van der Waals surface area contributed by atoms with Crippen molar-refractivity contribution in [3.8, 4) is 5.75 Å². The molecule has 0 unspecified atom stereocenters. The molecule has 2 aromatic carbocycles. The van der Waals surface area contributed by atoms with Crippen molar-refractivity contribution in [3.05, 3.63) is 65.7 Å². The van der Waals surface area contributed by atoms with Gasteiger partial charge < -0.3 is 30.1 Å². The van der Waals surface area contributed by atoms with Gasteiger partial charge in [-0.3, -0.25) is 19.2 Å². The summed E-state index contributed by atoms with van der Waals surface area (Å²) >= 11 is 0. The van der Waals surface area contributed by atoms with Crippen molar-refractivity contribution >= 4 is 23.6 Å². The standard InChI is InChI=1S/C33H47N5O5/c1-36(2)22-20-34-32(41)27-18-19-30(39)38(4)28(24-25-14-8-7-9-15-25)33(42)37(3)21-12-5-6-13-23-43-29-17-11-10-16-26(29)31(40)35-27/h7-11,14-17,27-28H,5-6,12-13,18-24H2,1-4H3,(H,34,41)(H,35,40)/t27-,28-/m0/s1. The van der Waals surface area contributed by atoms with E-state index < -0.39 is 18.0 Å². The molecule has 1 aliphatic heterocycles. The molecule has 4 amide bonds. The summed E-state index contributed by atoms with van der Waals surface area (Å²) in [6, 6.07) is 15.0. The average molecular weight is 594 g/mol. The number of hydrogen-bond donors (Lipinski definition) is 2. The van der Waals surface area contributed by atoms with E-state index in [2.05, 4.69) is 10.6 Å². The van der Waals surface area contributed by atoms with Crippen molar-refractivity contribution in [3.63, 3.8) is 0 Å². The molecule has 2 aromatic rings. The van der Waals surface area contributed by atoms with Crippen LogP contribution in [0.4, 0.5) is 0 Å². The lowest BCUT2D eigenvalue weighted by atomic mass is 10.0. The third-order valence-corrected chi connectivity index (χ3v) is 7.70. The van der Waals surface area contributed by atoms with Crippen LogP contribution in [0.1, 0.15) is 54.4 Å². The lowest BCUT2D eigenvalue weighted by Gasteiger charge is -2.31.